The molecule has 1 fully saturated rings. The molecule has 1 saturated heterocycles. The van der Waals surface area contributed by atoms with Crippen LogP contribution in [-0.2, 0) is 17.7 Å². The van der Waals surface area contributed by atoms with Crippen molar-refractivity contribution in [1.29, 1.82) is 0 Å². The van der Waals surface area contributed by atoms with E-state index in [4.69, 9.17) is 4.74 Å². The molecule has 0 amide bonds. The molecule has 3 rings (SSSR count). The highest BCUT2D eigenvalue weighted by Gasteiger charge is 2.21. The minimum absolute atomic E-state index is 0.257. The lowest BCUT2D eigenvalue weighted by molar-refractivity contribution is -0.0308. The summed E-state index contributed by atoms with van der Waals surface area (Å²) in [6, 6.07) is 4.09. The zero-order chi connectivity index (χ0) is 13.8. The smallest absolute Gasteiger partial charge is 0.0897 e. The summed E-state index contributed by atoms with van der Waals surface area (Å²) in [5, 5.41) is 3.29. The van der Waals surface area contributed by atoms with Crippen LogP contribution >= 0.6 is 11.3 Å². The maximum Gasteiger partial charge on any atom is 0.0897 e. The van der Waals surface area contributed by atoms with Crippen molar-refractivity contribution >= 4 is 11.3 Å². The molecule has 2 aromatic rings. The lowest BCUT2D eigenvalue weighted by atomic mass is 10.1. The molecule has 0 spiro atoms. The molecule has 0 bridgehead atoms. The molecule has 3 heterocycles. The number of morpholine rings is 1. The summed E-state index contributed by atoms with van der Waals surface area (Å²) in [5.74, 6) is 0. The van der Waals surface area contributed by atoms with Gasteiger partial charge in [0.2, 0.25) is 0 Å². The average molecular weight is 289 g/mol. The molecule has 20 heavy (non-hydrogen) atoms. The van der Waals surface area contributed by atoms with E-state index in [1.54, 1.807) is 11.3 Å². The summed E-state index contributed by atoms with van der Waals surface area (Å²) in [6.45, 7) is 5.73. The molecule has 1 aliphatic heterocycles. The Balaban J connectivity index is 1.56. The number of aromatic nitrogens is 2. The van der Waals surface area contributed by atoms with Crippen molar-refractivity contribution in [1.82, 2.24) is 14.9 Å². The number of nitrogens with zero attached hydrogens (tertiary/aromatic N) is 3. The van der Waals surface area contributed by atoms with Crippen molar-refractivity contribution in [2.24, 2.45) is 0 Å². The molecule has 0 N–H and O–H groups in total. The monoisotopic (exact) mass is 289 g/mol. The van der Waals surface area contributed by atoms with Gasteiger partial charge < -0.3 is 4.74 Å². The van der Waals surface area contributed by atoms with Gasteiger partial charge >= 0.3 is 0 Å². The minimum Gasteiger partial charge on any atom is -0.375 e. The van der Waals surface area contributed by atoms with E-state index in [9.17, 15) is 0 Å². The second-order valence-electron chi connectivity index (χ2n) is 5.15. The fourth-order valence-corrected chi connectivity index (χ4v) is 3.14. The van der Waals surface area contributed by atoms with Crippen LogP contribution in [0.25, 0.3) is 0 Å². The molecule has 2 aromatic heterocycles. The molecule has 106 valence electrons. The van der Waals surface area contributed by atoms with Gasteiger partial charge in [-0.2, -0.15) is 0 Å². The molecular formula is C15H19N3OS. The highest BCUT2D eigenvalue weighted by molar-refractivity contribution is 7.09. The molecule has 0 radical (unpaired) electrons. The first kappa shape index (κ1) is 13.7. The maximum atomic E-state index is 5.87. The predicted molar refractivity (Wildman–Crippen MR) is 79.8 cm³/mol. The number of ether oxygens (including phenoxy) is 1. The topological polar surface area (TPSA) is 38.2 Å². The van der Waals surface area contributed by atoms with Crippen LogP contribution in [-0.4, -0.2) is 40.7 Å². The van der Waals surface area contributed by atoms with E-state index in [0.29, 0.717) is 0 Å². The Morgan fingerprint density at radius 1 is 1.50 bits per heavy atom. The predicted octanol–water partition coefficient (Wildman–Crippen LogP) is 2.29. The van der Waals surface area contributed by atoms with E-state index in [0.717, 1.165) is 37.7 Å². The Labute approximate surface area is 123 Å². The summed E-state index contributed by atoms with van der Waals surface area (Å²) < 4.78 is 5.87. The van der Waals surface area contributed by atoms with E-state index >= 15 is 0 Å². The molecule has 0 aromatic carbocycles. The van der Waals surface area contributed by atoms with Crippen LogP contribution in [0.2, 0.25) is 0 Å². The molecule has 0 aliphatic carbocycles. The Hall–Kier alpha value is -1.30. The van der Waals surface area contributed by atoms with Gasteiger partial charge in [-0.25, -0.2) is 4.98 Å². The van der Waals surface area contributed by atoms with Gasteiger partial charge in [-0.05, 0) is 18.6 Å². The highest BCUT2D eigenvalue weighted by atomic mass is 32.1. The lowest BCUT2D eigenvalue weighted by Crippen LogP contribution is -2.42. The van der Waals surface area contributed by atoms with Crippen molar-refractivity contribution in [3.63, 3.8) is 0 Å². The van der Waals surface area contributed by atoms with Gasteiger partial charge in [0.15, 0.2) is 0 Å². The van der Waals surface area contributed by atoms with E-state index in [1.165, 1.54) is 11.3 Å². The summed E-state index contributed by atoms with van der Waals surface area (Å²) in [7, 11) is 0. The fourth-order valence-electron chi connectivity index (χ4n) is 2.54. The van der Waals surface area contributed by atoms with Crippen LogP contribution < -0.4 is 0 Å². The number of rotatable bonds is 4. The SMILES string of the molecule is Cc1nc(CN2CCOC(Cc3cccnc3)C2)cs1. The first-order valence-corrected chi connectivity index (χ1v) is 7.81. The summed E-state index contributed by atoms with van der Waals surface area (Å²) >= 11 is 1.72. The molecule has 4 nitrogen and oxygen atoms in total. The fraction of sp³-hybridized carbons (Fsp3) is 0.467. The van der Waals surface area contributed by atoms with Gasteiger partial charge in [0.1, 0.15) is 0 Å². The summed E-state index contributed by atoms with van der Waals surface area (Å²) in [4.78, 5) is 11.1. The molecule has 1 aliphatic rings. The standard InChI is InChI=1S/C15H19N3OS/c1-12-17-14(11-20-12)9-18-5-6-19-15(10-18)7-13-3-2-4-16-8-13/h2-4,8,11,15H,5-7,9-10H2,1H3. The van der Waals surface area contributed by atoms with E-state index in [-0.39, 0.29) is 6.10 Å². The van der Waals surface area contributed by atoms with Gasteiger partial charge in [-0.3, -0.25) is 9.88 Å². The summed E-state index contributed by atoms with van der Waals surface area (Å²) in [6.07, 6.45) is 4.92. The van der Waals surface area contributed by atoms with E-state index < -0.39 is 0 Å². The van der Waals surface area contributed by atoms with Gasteiger partial charge in [0.05, 0.1) is 23.4 Å². The molecule has 0 saturated carbocycles. The third-order valence-electron chi connectivity index (χ3n) is 3.46. The van der Waals surface area contributed by atoms with E-state index in [2.05, 4.69) is 33.2 Å². The second-order valence-corrected chi connectivity index (χ2v) is 6.21. The molecule has 5 heteroatoms. The quantitative estimate of drug-likeness (QED) is 0.865. The van der Waals surface area contributed by atoms with Crippen molar-refractivity contribution < 1.29 is 4.74 Å². The molecule has 1 unspecified atom stereocenters. The van der Waals surface area contributed by atoms with Crippen LogP contribution in [0.1, 0.15) is 16.3 Å². The first-order chi connectivity index (χ1) is 9.79. The van der Waals surface area contributed by atoms with Gasteiger partial charge in [0.25, 0.3) is 0 Å². The zero-order valence-corrected chi connectivity index (χ0v) is 12.5. The second kappa shape index (κ2) is 6.43. The van der Waals surface area contributed by atoms with Gasteiger partial charge in [0, 0.05) is 43.8 Å². The highest BCUT2D eigenvalue weighted by Crippen LogP contribution is 2.15. The third-order valence-corrected chi connectivity index (χ3v) is 4.28. The normalized spacial score (nSPS) is 20.1. The molecular weight excluding hydrogens is 270 g/mol. The zero-order valence-electron chi connectivity index (χ0n) is 11.7. The van der Waals surface area contributed by atoms with Crippen LogP contribution in [0.3, 0.4) is 0 Å². The lowest BCUT2D eigenvalue weighted by Gasteiger charge is -2.32. The largest absolute Gasteiger partial charge is 0.375 e. The van der Waals surface area contributed by atoms with Crippen molar-refractivity contribution in [3.05, 3.63) is 46.2 Å². The van der Waals surface area contributed by atoms with Crippen molar-refractivity contribution in [2.75, 3.05) is 19.7 Å². The van der Waals surface area contributed by atoms with Crippen molar-refractivity contribution in [3.8, 4) is 0 Å². The third kappa shape index (κ3) is 3.62. The Morgan fingerprint density at radius 3 is 3.20 bits per heavy atom. The van der Waals surface area contributed by atoms with Crippen LogP contribution in [0.15, 0.2) is 29.9 Å². The molecule has 1 atom stereocenters. The number of hydrogen-bond acceptors (Lipinski definition) is 5. The summed E-state index contributed by atoms with van der Waals surface area (Å²) in [5.41, 5.74) is 2.42. The van der Waals surface area contributed by atoms with Crippen LogP contribution in [0.5, 0.6) is 0 Å². The van der Waals surface area contributed by atoms with Crippen molar-refractivity contribution in [2.45, 2.75) is 26.0 Å². The number of thiazole rings is 1. The Bertz CT molecular complexity index is 543. The van der Waals surface area contributed by atoms with Crippen LogP contribution in [0.4, 0.5) is 0 Å². The first-order valence-electron chi connectivity index (χ1n) is 6.93. The minimum atomic E-state index is 0.257. The Kier molecular flexibility index (Phi) is 4.40. The van der Waals surface area contributed by atoms with Gasteiger partial charge in [-0.15, -0.1) is 11.3 Å². The maximum absolute atomic E-state index is 5.87. The van der Waals surface area contributed by atoms with E-state index in [1.807, 2.05) is 18.5 Å². The van der Waals surface area contributed by atoms with Crippen LogP contribution in [0, 0.1) is 6.92 Å². The Morgan fingerprint density at radius 2 is 2.45 bits per heavy atom. The number of pyridine rings is 1. The van der Waals surface area contributed by atoms with Gasteiger partial charge in [-0.1, -0.05) is 6.07 Å². The number of aryl methyl sites for hydroxylation is 1. The number of hydrogen-bond donors (Lipinski definition) is 0. The average Bonchev–Trinajstić information content (AvgIpc) is 2.86.